The zero-order chi connectivity index (χ0) is 25.5. The largest absolute Gasteiger partial charge is 0.480 e. The molecular weight excluding hydrogens is 518 g/mol. The van der Waals surface area contributed by atoms with E-state index in [9.17, 15) is 21.6 Å². The molecule has 0 saturated carbocycles. The van der Waals surface area contributed by atoms with Gasteiger partial charge in [0.2, 0.25) is 25.8 Å². The average Bonchev–Trinajstić information content (AvgIpc) is 2.75. The van der Waals surface area contributed by atoms with Crippen molar-refractivity contribution in [3.8, 4) is 11.4 Å². The van der Waals surface area contributed by atoms with Crippen molar-refractivity contribution >= 4 is 37.3 Å². The molecule has 2 saturated heterocycles. The molecule has 3 heterocycles. The number of piperazine rings is 1. The van der Waals surface area contributed by atoms with Crippen molar-refractivity contribution in [2.24, 2.45) is 0 Å². The number of nitrogens with zero attached hydrogens (tertiary/aromatic N) is 5. The standard InChI is InChI=1S/C21H28ClN5O6S2/c1-15(2)35(31,32)25-9-7-24(8-10-25)19-12-23-27(17-6-4-5-16(22)11-17)21(28)20(19)33-18-13-26(14-18)34(3,29)30/h4-6,11-12,15,18H,7-10,13-14H2,1-3H3. The van der Waals surface area contributed by atoms with E-state index in [1.54, 1.807) is 38.1 Å². The maximum Gasteiger partial charge on any atom is 0.316 e. The second kappa shape index (κ2) is 9.69. The molecule has 2 aromatic rings. The normalized spacial score (nSPS) is 18.6. The smallest absolute Gasteiger partial charge is 0.316 e. The van der Waals surface area contributed by atoms with Crippen LogP contribution in [0.4, 0.5) is 5.69 Å². The van der Waals surface area contributed by atoms with E-state index < -0.39 is 37.0 Å². The van der Waals surface area contributed by atoms with Gasteiger partial charge in [-0.05, 0) is 32.0 Å². The van der Waals surface area contributed by atoms with Gasteiger partial charge in [0.15, 0.2) is 0 Å². The zero-order valence-corrected chi connectivity index (χ0v) is 22.1. The highest BCUT2D eigenvalue weighted by Crippen LogP contribution is 2.29. The molecule has 2 fully saturated rings. The molecule has 0 atom stereocenters. The van der Waals surface area contributed by atoms with E-state index in [2.05, 4.69) is 5.10 Å². The third-order valence-electron chi connectivity index (χ3n) is 6.07. The van der Waals surface area contributed by atoms with Gasteiger partial charge in [0.25, 0.3) is 0 Å². The fourth-order valence-electron chi connectivity index (χ4n) is 3.95. The lowest BCUT2D eigenvalue weighted by Gasteiger charge is -2.39. The van der Waals surface area contributed by atoms with Crippen LogP contribution in [0.5, 0.6) is 5.75 Å². The molecule has 11 nitrogen and oxygen atoms in total. The number of hydrogen-bond acceptors (Lipinski definition) is 8. The number of anilines is 1. The second-order valence-electron chi connectivity index (χ2n) is 8.86. The minimum absolute atomic E-state index is 0.0401. The highest BCUT2D eigenvalue weighted by molar-refractivity contribution is 7.89. The first-order chi connectivity index (χ1) is 16.4. The summed E-state index contributed by atoms with van der Waals surface area (Å²) in [5.74, 6) is 0.0401. The maximum absolute atomic E-state index is 13.5. The van der Waals surface area contributed by atoms with Crippen LogP contribution in [0.15, 0.2) is 35.3 Å². The van der Waals surface area contributed by atoms with Crippen molar-refractivity contribution in [1.29, 1.82) is 0 Å². The highest BCUT2D eigenvalue weighted by atomic mass is 35.5. The van der Waals surface area contributed by atoms with Crippen molar-refractivity contribution < 1.29 is 21.6 Å². The third-order valence-corrected chi connectivity index (χ3v) is 9.82. The maximum atomic E-state index is 13.5. The van der Waals surface area contributed by atoms with E-state index in [1.807, 2.05) is 4.90 Å². The van der Waals surface area contributed by atoms with Crippen molar-refractivity contribution in [3.05, 3.63) is 45.8 Å². The number of rotatable bonds is 7. The number of hydrogen-bond donors (Lipinski definition) is 0. The molecule has 14 heteroatoms. The van der Waals surface area contributed by atoms with E-state index in [-0.39, 0.29) is 31.9 Å². The summed E-state index contributed by atoms with van der Waals surface area (Å²) in [4.78, 5) is 15.3. The average molecular weight is 546 g/mol. The van der Waals surface area contributed by atoms with Gasteiger partial charge in [-0.15, -0.1) is 0 Å². The first kappa shape index (κ1) is 25.9. The predicted molar refractivity (Wildman–Crippen MR) is 134 cm³/mol. The van der Waals surface area contributed by atoms with Crippen molar-refractivity contribution in [2.45, 2.75) is 25.2 Å². The van der Waals surface area contributed by atoms with Crippen LogP contribution in [-0.4, -0.2) is 92.1 Å². The molecule has 2 aliphatic heterocycles. The fourth-order valence-corrected chi connectivity index (χ4v) is 6.28. The third kappa shape index (κ3) is 5.33. The highest BCUT2D eigenvalue weighted by Gasteiger charge is 2.37. The second-order valence-corrected chi connectivity index (χ2v) is 13.8. The van der Waals surface area contributed by atoms with Gasteiger partial charge in [0.05, 0.1) is 36.5 Å². The molecule has 0 spiro atoms. The molecule has 192 valence electrons. The Morgan fingerprint density at radius 3 is 2.29 bits per heavy atom. The molecule has 0 bridgehead atoms. The predicted octanol–water partition coefficient (Wildman–Crippen LogP) is 0.769. The van der Waals surface area contributed by atoms with Crippen molar-refractivity contribution in [2.75, 3.05) is 50.4 Å². The Hall–Kier alpha value is -2.19. The monoisotopic (exact) mass is 545 g/mol. The van der Waals surface area contributed by atoms with Gasteiger partial charge in [-0.3, -0.25) is 4.79 Å². The molecule has 0 N–H and O–H groups in total. The Kier molecular flexibility index (Phi) is 7.17. The minimum Gasteiger partial charge on any atom is -0.480 e. The molecule has 1 aromatic carbocycles. The summed E-state index contributed by atoms with van der Waals surface area (Å²) in [7, 11) is -6.73. The molecule has 0 aliphatic carbocycles. The van der Waals surface area contributed by atoms with Crippen LogP contribution in [0.2, 0.25) is 5.02 Å². The van der Waals surface area contributed by atoms with E-state index in [0.717, 1.165) is 6.26 Å². The van der Waals surface area contributed by atoms with Crippen LogP contribution >= 0.6 is 11.6 Å². The van der Waals surface area contributed by atoms with Gasteiger partial charge in [0.1, 0.15) is 11.8 Å². The van der Waals surface area contributed by atoms with Gasteiger partial charge in [-0.25, -0.2) is 16.8 Å². The molecule has 0 unspecified atom stereocenters. The van der Waals surface area contributed by atoms with Gasteiger partial charge >= 0.3 is 5.56 Å². The summed E-state index contributed by atoms with van der Waals surface area (Å²) >= 11 is 6.09. The SMILES string of the molecule is CC(C)S(=O)(=O)N1CCN(c2cnn(-c3cccc(Cl)c3)c(=O)c2OC2CN(S(C)(=O)=O)C2)CC1. The van der Waals surface area contributed by atoms with E-state index >= 15 is 0 Å². The summed E-state index contributed by atoms with van der Waals surface area (Å²) in [6.07, 6.45) is 2.14. The molecule has 0 amide bonds. The van der Waals surface area contributed by atoms with Crippen LogP contribution < -0.4 is 15.2 Å². The van der Waals surface area contributed by atoms with Crippen molar-refractivity contribution in [1.82, 2.24) is 18.4 Å². The zero-order valence-electron chi connectivity index (χ0n) is 19.7. The number of aromatic nitrogens is 2. The molecule has 2 aliphatic rings. The van der Waals surface area contributed by atoms with Crippen molar-refractivity contribution in [3.63, 3.8) is 0 Å². The number of sulfonamides is 2. The van der Waals surface area contributed by atoms with Gasteiger partial charge in [-0.1, -0.05) is 17.7 Å². The summed E-state index contributed by atoms with van der Waals surface area (Å²) in [6, 6.07) is 6.67. The topological polar surface area (TPSA) is 122 Å². The number of halogens is 1. The Bertz CT molecular complexity index is 1360. The molecule has 1 aromatic heterocycles. The van der Waals surface area contributed by atoms with E-state index in [4.69, 9.17) is 16.3 Å². The molecule has 35 heavy (non-hydrogen) atoms. The molecule has 4 rings (SSSR count). The minimum atomic E-state index is -3.39. The lowest BCUT2D eigenvalue weighted by Crippen LogP contribution is -2.56. The van der Waals surface area contributed by atoms with Crippen LogP contribution in [-0.2, 0) is 20.0 Å². The van der Waals surface area contributed by atoms with Crippen LogP contribution in [0, 0.1) is 0 Å². The summed E-state index contributed by atoms with van der Waals surface area (Å²) < 4.78 is 58.5. The summed E-state index contributed by atoms with van der Waals surface area (Å²) in [6.45, 7) is 4.80. The lowest BCUT2D eigenvalue weighted by molar-refractivity contribution is 0.0751. The summed E-state index contributed by atoms with van der Waals surface area (Å²) in [5, 5.41) is 4.23. The quantitative estimate of drug-likeness (QED) is 0.500. The van der Waals surface area contributed by atoms with Crippen LogP contribution in [0.25, 0.3) is 5.69 Å². The Morgan fingerprint density at radius 1 is 1.06 bits per heavy atom. The Labute approximate surface area is 209 Å². The number of ether oxygens (including phenoxy) is 1. The van der Waals surface area contributed by atoms with Crippen LogP contribution in [0.1, 0.15) is 13.8 Å². The Morgan fingerprint density at radius 2 is 1.71 bits per heavy atom. The fraction of sp³-hybridized carbons (Fsp3) is 0.524. The van der Waals surface area contributed by atoms with E-state index in [1.165, 1.54) is 19.5 Å². The number of benzene rings is 1. The molecular formula is C21H28ClN5O6S2. The first-order valence-corrected chi connectivity index (χ1v) is 14.8. The van der Waals surface area contributed by atoms with E-state index in [0.29, 0.717) is 29.5 Å². The first-order valence-electron chi connectivity index (χ1n) is 11.1. The summed E-state index contributed by atoms with van der Waals surface area (Å²) in [5.41, 5.74) is 0.380. The van der Waals surface area contributed by atoms with Gasteiger partial charge in [0, 0.05) is 31.2 Å². The lowest BCUT2D eigenvalue weighted by atomic mass is 10.2. The van der Waals surface area contributed by atoms with Gasteiger partial charge in [-0.2, -0.15) is 18.4 Å². The van der Waals surface area contributed by atoms with Crippen LogP contribution in [0.3, 0.4) is 0 Å². The Balaban J connectivity index is 1.64. The van der Waals surface area contributed by atoms with Gasteiger partial charge < -0.3 is 9.64 Å². The molecule has 0 radical (unpaired) electrons.